The number of hydrogen-bond donors (Lipinski definition) is 1. The van der Waals surface area contributed by atoms with Gasteiger partial charge in [0.2, 0.25) is 11.8 Å². The maximum atomic E-state index is 12.2. The van der Waals surface area contributed by atoms with Crippen molar-refractivity contribution < 1.29 is 9.59 Å². The molecule has 2 saturated heterocycles. The lowest BCUT2D eigenvalue weighted by molar-refractivity contribution is -0.129. The zero-order valence-electron chi connectivity index (χ0n) is 15.0. The minimum absolute atomic E-state index is 0.273. The predicted octanol–water partition coefficient (Wildman–Crippen LogP) is 2.17. The average Bonchev–Trinajstić information content (AvgIpc) is 3.19. The van der Waals surface area contributed by atoms with Crippen molar-refractivity contribution in [2.75, 3.05) is 26.2 Å². The Morgan fingerprint density at radius 3 is 2.64 bits per heavy atom. The molecule has 1 atom stereocenters. The number of likely N-dealkylation sites (tertiary alicyclic amines) is 2. The highest BCUT2D eigenvalue weighted by Gasteiger charge is 2.30. The van der Waals surface area contributed by atoms with E-state index in [1.807, 2.05) is 15.9 Å². The summed E-state index contributed by atoms with van der Waals surface area (Å²) < 4.78 is 0. The highest BCUT2D eigenvalue weighted by Crippen LogP contribution is 2.21. The molecule has 2 aliphatic rings. The van der Waals surface area contributed by atoms with E-state index < -0.39 is 0 Å². The summed E-state index contributed by atoms with van der Waals surface area (Å²) >= 11 is 0. The minimum atomic E-state index is 0.273. The van der Waals surface area contributed by atoms with Gasteiger partial charge in [0, 0.05) is 45.1 Å². The van der Waals surface area contributed by atoms with Crippen LogP contribution in [0.15, 0.2) is 30.3 Å². The number of nitrogens with zero attached hydrogens (tertiary/aromatic N) is 2. The van der Waals surface area contributed by atoms with Gasteiger partial charge in [-0.15, -0.1) is 0 Å². The molecule has 3 rings (SSSR count). The van der Waals surface area contributed by atoms with Gasteiger partial charge in [-0.05, 0) is 37.8 Å². The number of rotatable bonds is 9. The van der Waals surface area contributed by atoms with Crippen LogP contribution in [0.25, 0.3) is 0 Å². The summed E-state index contributed by atoms with van der Waals surface area (Å²) in [6.45, 7) is 4.26. The molecule has 0 bridgehead atoms. The molecule has 0 saturated carbocycles. The zero-order valence-corrected chi connectivity index (χ0v) is 15.0. The Balaban J connectivity index is 1.36. The maximum Gasteiger partial charge on any atom is 0.222 e. The summed E-state index contributed by atoms with van der Waals surface area (Å²) in [4.78, 5) is 27.8. The molecular formula is C20H29N3O2. The van der Waals surface area contributed by atoms with Crippen molar-refractivity contribution in [3.05, 3.63) is 35.9 Å². The second kappa shape index (κ2) is 8.99. The summed E-state index contributed by atoms with van der Waals surface area (Å²) in [7, 11) is 0. The van der Waals surface area contributed by atoms with Crippen LogP contribution in [0.3, 0.4) is 0 Å². The zero-order chi connectivity index (χ0) is 17.5. The minimum Gasteiger partial charge on any atom is -0.343 e. The predicted molar refractivity (Wildman–Crippen MR) is 97.9 cm³/mol. The summed E-state index contributed by atoms with van der Waals surface area (Å²) in [6, 6.07) is 10.7. The second-order valence-electron chi connectivity index (χ2n) is 7.07. The van der Waals surface area contributed by atoms with Gasteiger partial charge in [0.1, 0.15) is 0 Å². The van der Waals surface area contributed by atoms with Crippen LogP contribution in [0.4, 0.5) is 0 Å². The van der Waals surface area contributed by atoms with Gasteiger partial charge >= 0.3 is 0 Å². The molecule has 1 aromatic rings. The van der Waals surface area contributed by atoms with Crippen LogP contribution in [-0.2, 0) is 16.1 Å². The number of carbonyl (C=O) groups is 2. The molecule has 1 unspecified atom stereocenters. The van der Waals surface area contributed by atoms with E-state index >= 15 is 0 Å². The number of amides is 2. The van der Waals surface area contributed by atoms with Crippen LogP contribution in [0.1, 0.15) is 44.1 Å². The highest BCUT2D eigenvalue weighted by molar-refractivity contribution is 5.79. The molecule has 2 fully saturated rings. The van der Waals surface area contributed by atoms with E-state index in [4.69, 9.17) is 0 Å². The molecular weight excluding hydrogens is 314 g/mol. The third-order valence-electron chi connectivity index (χ3n) is 5.28. The van der Waals surface area contributed by atoms with Crippen LogP contribution >= 0.6 is 0 Å². The maximum absolute atomic E-state index is 12.2. The molecule has 5 heteroatoms. The normalized spacial score (nSPS) is 20.7. The van der Waals surface area contributed by atoms with E-state index in [9.17, 15) is 9.59 Å². The van der Waals surface area contributed by atoms with E-state index in [1.165, 1.54) is 5.56 Å². The molecule has 0 spiro atoms. The van der Waals surface area contributed by atoms with Crippen molar-refractivity contribution in [1.29, 1.82) is 0 Å². The lowest BCUT2D eigenvalue weighted by Crippen LogP contribution is -2.37. The molecule has 2 aliphatic heterocycles. The molecule has 0 aliphatic carbocycles. The quantitative estimate of drug-likeness (QED) is 0.699. The number of nitrogens with one attached hydrogen (secondary N) is 1. The van der Waals surface area contributed by atoms with E-state index in [1.54, 1.807) is 0 Å². The first-order valence-electron chi connectivity index (χ1n) is 9.56. The largest absolute Gasteiger partial charge is 0.343 e. The van der Waals surface area contributed by atoms with E-state index in [0.29, 0.717) is 18.9 Å². The number of benzene rings is 1. The Hall–Kier alpha value is -1.88. The van der Waals surface area contributed by atoms with Crippen molar-refractivity contribution in [2.24, 2.45) is 0 Å². The number of hydrogen-bond acceptors (Lipinski definition) is 3. The molecule has 2 amide bonds. The molecule has 0 radical (unpaired) electrons. The van der Waals surface area contributed by atoms with Crippen molar-refractivity contribution in [3.63, 3.8) is 0 Å². The van der Waals surface area contributed by atoms with Crippen LogP contribution in [0, 0.1) is 0 Å². The van der Waals surface area contributed by atoms with Gasteiger partial charge < -0.3 is 15.1 Å². The fourth-order valence-electron chi connectivity index (χ4n) is 3.87. The lowest BCUT2D eigenvalue weighted by atomic mass is 10.1. The van der Waals surface area contributed by atoms with Gasteiger partial charge in [-0.25, -0.2) is 0 Å². The van der Waals surface area contributed by atoms with Crippen LogP contribution in [0.2, 0.25) is 0 Å². The first-order chi connectivity index (χ1) is 12.2. The topological polar surface area (TPSA) is 52.7 Å². The first-order valence-corrected chi connectivity index (χ1v) is 9.56. The fraction of sp³-hybridized carbons (Fsp3) is 0.600. The summed E-state index contributed by atoms with van der Waals surface area (Å²) in [5.41, 5.74) is 1.29. The fourth-order valence-corrected chi connectivity index (χ4v) is 3.87. The first kappa shape index (κ1) is 17.9. The van der Waals surface area contributed by atoms with E-state index in [0.717, 1.165) is 58.4 Å². The van der Waals surface area contributed by atoms with Crippen LogP contribution in [-0.4, -0.2) is 53.8 Å². The molecule has 0 aromatic heterocycles. The van der Waals surface area contributed by atoms with Gasteiger partial charge in [0.15, 0.2) is 0 Å². The Morgan fingerprint density at radius 2 is 1.88 bits per heavy atom. The molecule has 5 nitrogen and oxygen atoms in total. The Morgan fingerprint density at radius 1 is 1.04 bits per heavy atom. The molecule has 2 heterocycles. The molecule has 136 valence electrons. The summed E-state index contributed by atoms with van der Waals surface area (Å²) in [5, 5.41) is 3.48. The summed E-state index contributed by atoms with van der Waals surface area (Å²) in [6.07, 6.45) is 5.21. The smallest absolute Gasteiger partial charge is 0.222 e. The van der Waals surface area contributed by atoms with Gasteiger partial charge in [-0.3, -0.25) is 9.59 Å². The SMILES string of the molecule is O=C1CCCN1CCCN1C(=O)CCC1CCNCc1ccccc1. The van der Waals surface area contributed by atoms with E-state index in [-0.39, 0.29) is 11.8 Å². The van der Waals surface area contributed by atoms with Crippen LogP contribution in [0.5, 0.6) is 0 Å². The Kier molecular flexibility index (Phi) is 6.45. The molecule has 1 aromatic carbocycles. The molecule has 1 N–H and O–H groups in total. The lowest BCUT2D eigenvalue weighted by Gasteiger charge is -2.26. The third kappa shape index (κ3) is 5.05. The van der Waals surface area contributed by atoms with Crippen molar-refractivity contribution in [3.8, 4) is 0 Å². The Bertz CT molecular complexity index is 576. The van der Waals surface area contributed by atoms with Crippen molar-refractivity contribution in [1.82, 2.24) is 15.1 Å². The van der Waals surface area contributed by atoms with Gasteiger partial charge in [0.05, 0.1) is 0 Å². The van der Waals surface area contributed by atoms with Crippen molar-refractivity contribution >= 4 is 11.8 Å². The summed E-state index contributed by atoms with van der Waals surface area (Å²) in [5.74, 6) is 0.551. The average molecular weight is 343 g/mol. The van der Waals surface area contributed by atoms with Gasteiger partial charge in [-0.2, -0.15) is 0 Å². The van der Waals surface area contributed by atoms with E-state index in [2.05, 4.69) is 29.6 Å². The Labute approximate surface area is 150 Å². The molecule has 25 heavy (non-hydrogen) atoms. The third-order valence-corrected chi connectivity index (χ3v) is 5.28. The van der Waals surface area contributed by atoms with Gasteiger partial charge in [0.25, 0.3) is 0 Å². The van der Waals surface area contributed by atoms with Crippen LogP contribution < -0.4 is 5.32 Å². The monoisotopic (exact) mass is 343 g/mol. The second-order valence-corrected chi connectivity index (χ2v) is 7.07. The standard InChI is InChI=1S/C20H29N3O2/c24-19-8-4-13-22(19)14-5-15-23-18(9-10-20(23)25)11-12-21-16-17-6-2-1-3-7-17/h1-3,6-7,18,21H,4-5,8-16H2. The van der Waals surface area contributed by atoms with Crippen molar-refractivity contribution in [2.45, 2.75) is 51.1 Å². The van der Waals surface area contributed by atoms with Gasteiger partial charge in [-0.1, -0.05) is 30.3 Å². The number of carbonyl (C=O) groups excluding carboxylic acids is 2. The highest BCUT2D eigenvalue weighted by atomic mass is 16.2.